The highest BCUT2D eigenvalue weighted by atomic mass is 79.9. The molecule has 1 aromatic rings. The third-order valence-electron chi connectivity index (χ3n) is 3.06. The van der Waals surface area contributed by atoms with Crippen molar-refractivity contribution in [3.63, 3.8) is 0 Å². The highest BCUT2D eigenvalue weighted by Crippen LogP contribution is 2.35. The standard InChI is InChI=1S/C10H14BrN3O/c1-10(2)8(11)3-4-14(10)9(15)7-5-12-13-6-7/h5-6,8H,3-4H2,1-2H3,(H,12,13). The summed E-state index contributed by atoms with van der Waals surface area (Å²) in [6, 6.07) is 0. The number of hydrogen-bond donors (Lipinski definition) is 1. The van der Waals surface area contributed by atoms with Crippen molar-refractivity contribution in [3.05, 3.63) is 18.0 Å². The van der Waals surface area contributed by atoms with Crippen molar-refractivity contribution in [2.24, 2.45) is 0 Å². The van der Waals surface area contributed by atoms with E-state index in [0.717, 1.165) is 13.0 Å². The maximum atomic E-state index is 12.1. The molecule has 1 saturated heterocycles. The Balaban J connectivity index is 2.22. The second kappa shape index (κ2) is 3.63. The first-order valence-electron chi connectivity index (χ1n) is 4.98. The van der Waals surface area contributed by atoms with Crippen LogP contribution in [0.3, 0.4) is 0 Å². The number of nitrogens with one attached hydrogen (secondary N) is 1. The SMILES string of the molecule is CC1(C)C(Br)CCN1C(=O)c1cn[nH]c1. The van der Waals surface area contributed by atoms with Gasteiger partial charge in [0.05, 0.1) is 17.3 Å². The van der Waals surface area contributed by atoms with Gasteiger partial charge in [-0.1, -0.05) is 15.9 Å². The van der Waals surface area contributed by atoms with E-state index in [1.165, 1.54) is 0 Å². The number of H-pyrrole nitrogens is 1. The second-order valence-corrected chi connectivity index (χ2v) is 5.46. The van der Waals surface area contributed by atoms with Crippen molar-refractivity contribution in [1.82, 2.24) is 15.1 Å². The van der Waals surface area contributed by atoms with Crippen LogP contribution in [0, 0.1) is 0 Å². The van der Waals surface area contributed by atoms with Gasteiger partial charge in [-0.3, -0.25) is 9.89 Å². The van der Waals surface area contributed by atoms with Gasteiger partial charge in [-0.2, -0.15) is 5.10 Å². The van der Waals surface area contributed by atoms with Crippen molar-refractivity contribution in [2.45, 2.75) is 30.6 Å². The molecule has 15 heavy (non-hydrogen) atoms. The lowest BCUT2D eigenvalue weighted by atomic mass is 10.0. The van der Waals surface area contributed by atoms with Crippen LogP contribution in [-0.4, -0.2) is 37.9 Å². The number of hydrogen-bond acceptors (Lipinski definition) is 2. The van der Waals surface area contributed by atoms with Crippen molar-refractivity contribution < 1.29 is 4.79 Å². The number of carbonyl (C=O) groups is 1. The number of aromatic amines is 1. The maximum Gasteiger partial charge on any atom is 0.257 e. The fourth-order valence-corrected chi connectivity index (χ4v) is 2.39. The van der Waals surface area contributed by atoms with Crippen molar-refractivity contribution in [2.75, 3.05) is 6.54 Å². The fourth-order valence-electron chi connectivity index (χ4n) is 1.94. The second-order valence-electron chi connectivity index (χ2n) is 4.35. The van der Waals surface area contributed by atoms with Gasteiger partial charge in [0.15, 0.2) is 0 Å². The van der Waals surface area contributed by atoms with Crippen LogP contribution in [0.1, 0.15) is 30.6 Å². The first kappa shape index (κ1) is 10.7. The highest BCUT2D eigenvalue weighted by molar-refractivity contribution is 9.09. The van der Waals surface area contributed by atoms with E-state index in [-0.39, 0.29) is 11.4 Å². The zero-order valence-corrected chi connectivity index (χ0v) is 10.4. The molecule has 1 amide bonds. The number of rotatable bonds is 1. The van der Waals surface area contributed by atoms with Gasteiger partial charge in [0.25, 0.3) is 5.91 Å². The van der Waals surface area contributed by atoms with E-state index in [1.807, 2.05) is 4.90 Å². The molecule has 1 atom stereocenters. The van der Waals surface area contributed by atoms with Gasteiger partial charge in [0.2, 0.25) is 0 Å². The molecule has 0 bridgehead atoms. The molecule has 5 heteroatoms. The van der Waals surface area contributed by atoms with Gasteiger partial charge in [0, 0.05) is 17.6 Å². The lowest BCUT2D eigenvalue weighted by molar-refractivity contribution is 0.0657. The lowest BCUT2D eigenvalue weighted by Gasteiger charge is -2.33. The molecule has 0 aromatic carbocycles. The Bertz CT molecular complexity index is 361. The molecule has 2 heterocycles. The van der Waals surface area contributed by atoms with Crippen molar-refractivity contribution in [3.8, 4) is 0 Å². The fraction of sp³-hybridized carbons (Fsp3) is 0.600. The number of aromatic nitrogens is 2. The first-order valence-corrected chi connectivity index (χ1v) is 5.90. The Kier molecular flexibility index (Phi) is 2.58. The third kappa shape index (κ3) is 1.69. The number of carbonyl (C=O) groups excluding carboxylic acids is 1. The van der Waals surface area contributed by atoms with Crippen molar-refractivity contribution >= 4 is 21.8 Å². The Hall–Kier alpha value is -0.840. The Morgan fingerprint density at radius 1 is 1.73 bits per heavy atom. The van der Waals surface area contributed by atoms with Crippen LogP contribution in [0.2, 0.25) is 0 Å². The summed E-state index contributed by atoms with van der Waals surface area (Å²) < 4.78 is 0. The molecule has 4 nitrogen and oxygen atoms in total. The maximum absolute atomic E-state index is 12.1. The molecule has 0 radical (unpaired) electrons. The predicted octanol–water partition coefficient (Wildman–Crippen LogP) is 1.80. The van der Waals surface area contributed by atoms with Crippen LogP contribution in [0.25, 0.3) is 0 Å². The minimum Gasteiger partial charge on any atom is -0.332 e. The number of likely N-dealkylation sites (tertiary alicyclic amines) is 1. The van der Waals surface area contributed by atoms with Gasteiger partial charge in [-0.05, 0) is 20.3 Å². The first-order chi connectivity index (χ1) is 7.03. The van der Waals surface area contributed by atoms with Gasteiger partial charge >= 0.3 is 0 Å². The summed E-state index contributed by atoms with van der Waals surface area (Å²) in [7, 11) is 0. The smallest absolute Gasteiger partial charge is 0.257 e. The van der Waals surface area contributed by atoms with E-state index in [2.05, 4.69) is 40.0 Å². The van der Waals surface area contributed by atoms with Crippen LogP contribution >= 0.6 is 15.9 Å². The normalized spacial score (nSPS) is 24.5. The monoisotopic (exact) mass is 271 g/mol. The average molecular weight is 272 g/mol. The van der Waals surface area contributed by atoms with Crippen LogP contribution in [-0.2, 0) is 0 Å². The van der Waals surface area contributed by atoms with E-state index >= 15 is 0 Å². The Labute approximate surface area is 97.2 Å². The summed E-state index contributed by atoms with van der Waals surface area (Å²) in [5.74, 6) is 0.0516. The molecule has 1 aliphatic heterocycles. The predicted molar refractivity (Wildman–Crippen MR) is 61.0 cm³/mol. The van der Waals surface area contributed by atoms with E-state index in [4.69, 9.17) is 0 Å². The summed E-state index contributed by atoms with van der Waals surface area (Å²) in [4.78, 5) is 14.4. The van der Waals surface area contributed by atoms with E-state index in [1.54, 1.807) is 12.4 Å². The largest absolute Gasteiger partial charge is 0.332 e. The van der Waals surface area contributed by atoms with Gasteiger partial charge in [-0.15, -0.1) is 0 Å². The lowest BCUT2D eigenvalue weighted by Crippen LogP contribution is -2.46. The molecule has 0 saturated carbocycles. The molecule has 82 valence electrons. The minimum atomic E-state index is -0.131. The van der Waals surface area contributed by atoms with Crippen LogP contribution in [0.5, 0.6) is 0 Å². The number of nitrogens with zero attached hydrogens (tertiary/aromatic N) is 2. The molecule has 2 rings (SSSR count). The molecule has 1 N–H and O–H groups in total. The summed E-state index contributed by atoms with van der Waals surface area (Å²) in [6.07, 6.45) is 4.20. The summed E-state index contributed by atoms with van der Waals surface area (Å²) in [5.41, 5.74) is 0.499. The molecule has 1 fully saturated rings. The third-order valence-corrected chi connectivity index (χ3v) is 4.64. The number of alkyl halides is 1. The highest BCUT2D eigenvalue weighted by Gasteiger charge is 2.42. The van der Waals surface area contributed by atoms with E-state index in [0.29, 0.717) is 10.4 Å². The molecular formula is C10H14BrN3O. The summed E-state index contributed by atoms with van der Waals surface area (Å²) in [5, 5.41) is 6.46. The van der Waals surface area contributed by atoms with Crippen LogP contribution in [0.4, 0.5) is 0 Å². The molecule has 0 aliphatic carbocycles. The zero-order valence-electron chi connectivity index (χ0n) is 8.83. The average Bonchev–Trinajstić information content (AvgIpc) is 2.76. The molecule has 0 spiro atoms. The number of amides is 1. The van der Waals surface area contributed by atoms with E-state index < -0.39 is 0 Å². The quantitative estimate of drug-likeness (QED) is 0.792. The minimum absolute atomic E-state index is 0.0516. The topological polar surface area (TPSA) is 49.0 Å². The molecular weight excluding hydrogens is 258 g/mol. The Morgan fingerprint density at radius 3 is 2.93 bits per heavy atom. The van der Waals surface area contributed by atoms with Crippen LogP contribution in [0.15, 0.2) is 12.4 Å². The van der Waals surface area contributed by atoms with Gasteiger partial charge < -0.3 is 4.90 Å². The van der Waals surface area contributed by atoms with Crippen molar-refractivity contribution in [1.29, 1.82) is 0 Å². The Morgan fingerprint density at radius 2 is 2.47 bits per heavy atom. The summed E-state index contributed by atoms with van der Waals surface area (Å²) >= 11 is 3.61. The van der Waals surface area contributed by atoms with Gasteiger partial charge in [0.1, 0.15) is 0 Å². The molecule has 1 aromatic heterocycles. The van der Waals surface area contributed by atoms with Gasteiger partial charge in [-0.25, -0.2) is 0 Å². The number of halogens is 1. The summed E-state index contributed by atoms with van der Waals surface area (Å²) in [6.45, 7) is 4.96. The zero-order chi connectivity index (χ0) is 11.1. The molecule has 1 unspecified atom stereocenters. The van der Waals surface area contributed by atoms with Crippen LogP contribution < -0.4 is 0 Å². The van der Waals surface area contributed by atoms with E-state index in [9.17, 15) is 4.79 Å². The molecule has 1 aliphatic rings.